The van der Waals surface area contributed by atoms with Gasteiger partial charge in [-0.05, 0) is 0 Å². The summed E-state index contributed by atoms with van der Waals surface area (Å²) >= 11 is 11.8. The summed E-state index contributed by atoms with van der Waals surface area (Å²) in [7, 11) is 0.617. The van der Waals surface area contributed by atoms with Gasteiger partial charge in [-0.3, -0.25) is 0 Å². The third kappa shape index (κ3) is 6.47. The first-order valence-electron chi connectivity index (χ1n) is 7.16. The number of nitrogens with one attached hydrogen (secondary N) is 2. The second-order valence-electron chi connectivity index (χ2n) is 4.75. The molecule has 10 heteroatoms. The summed E-state index contributed by atoms with van der Waals surface area (Å²) in [6, 6.07) is 1.87. The van der Waals surface area contributed by atoms with Gasteiger partial charge in [0, 0.05) is 0 Å². The Bertz CT molecular complexity index is 615. The van der Waals surface area contributed by atoms with Crippen molar-refractivity contribution in [3.05, 3.63) is 27.7 Å². The molecule has 1 atom stereocenters. The first kappa shape index (κ1) is 20.4. The van der Waals surface area contributed by atoms with Crippen molar-refractivity contribution < 1.29 is 24.1 Å². The Morgan fingerprint density at radius 1 is 1.38 bits per heavy atom. The zero-order valence-corrected chi connectivity index (χ0v) is 14.5. The van der Waals surface area contributed by atoms with E-state index in [0.29, 0.717) is 7.15 Å². The Kier molecular flexibility index (Phi) is 8.74. The van der Waals surface area contributed by atoms with Crippen molar-refractivity contribution in [2.24, 2.45) is 0 Å². The van der Waals surface area contributed by atoms with Crippen molar-refractivity contribution in [2.45, 2.75) is 19.4 Å². The number of phenols is 1. The molecule has 1 unspecified atom stereocenters. The third-order valence-electron chi connectivity index (χ3n) is 2.96. The molecule has 0 radical (unpaired) electrons. The van der Waals surface area contributed by atoms with E-state index in [2.05, 4.69) is 10.6 Å². The first-order chi connectivity index (χ1) is 11.4. The molecule has 0 saturated heterocycles. The molecule has 3 N–H and O–H groups in total. The molecule has 0 spiro atoms. The summed E-state index contributed by atoms with van der Waals surface area (Å²) in [6.45, 7) is 1.71. The topological polar surface area (TPSA) is 105 Å². The number of benzene rings is 1. The number of aromatic hydroxyl groups is 1. The van der Waals surface area contributed by atoms with Gasteiger partial charge < -0.3 is 0 Å². The van der Waals surface area contributed by atoms with Crippen LogP contribution in [0.3, 0.4) is 0 Å². The van der Waals surface area contributed by atoms with Crippen LogP contribution >= 0.6 is 23.2 Å². The number of esters is 1. The minimum atomic E-state index is -0.884. The van der Waals surface area contributed by atoms with E-state index >= 15 is 0 Å². The maximum atomic E-state index is 11.9. The molecular weight excluding hydrogens is 358 g/mol. The zero-order valence-electron chi connectivity index (χ0n) is 13.0. The molecule has 0 aromatic heterocycles. The predicted molar refractivity (Wildman–Crippen MR) is 89.6 cm³/mol. The zero-order chi connectivity index (χ0) is 18.1. The molecule has 0 aliphatic rings. The summed E-state index contributed by atoms with van der Waals surface area (Å²) in [5, 5.41) is 15.5. The van der Waals surface area contributed by atoms with Gasteiger partial charge in [-0.25, -0.2) is 0 Å². The number of hydrogen-bond donors (Lipinski definition) is 3. The first-order valence-corrected chi connectivity index (χ1v) is 7.91. The summed E-state index contributed by atoms with van der Waals surface area (Å²) in [5.74, 6) is -1.31. The molecule has 130 valence electrons. The van der Waals surface area contributed by atoms with Gasteiger partial charge >= 0.3 is 149 Å². The van der Waals surface area contributed by atoms with E-state index in [1.807, 2.05) is 0 Å². The van der Waals surface area contributed by atoms with E-state index in [1.54, 1.807) is 6.92 Å². The SMILES string of the molecule is CCOC(=O)CC(NC(=O)CNCB=O)c1cc(Cl)cc(Cl)c1O. The van der Waals surface area contributed by atoms with Crippen molar-refractivity contribution in [1.29, 1.82) is 0 Å². The fraction of sp³-hybridized carbons (Fsp3) is 0.429. The molecular formula is C14H17BCl2N2O5. The molecule has 0 heterocycles. The molecule has 1 amide bonds. The van der Waals surface area contributed by atoms with Gasteiger partial charge in [-0.2, -0.15) is 0 Å². The van der Waals surface area contributed by atoms with Crippen LogP contribution in [0.2, 0.25) is 10.0 Å². The van der Waals surface area contributed by atoms with Gasteiger partial charge in [0.15, 0.2) is 0 Å². The van der Waals surface area contributed by atoms with Crippen molar-refractivity contribution in [3.8, 4) is 5.75 Å². The number of carbonyl (C=O) groups is 2. The molecule has 7 nitrogen and oxygen atoms in total. The number of hydrogen-bond acceptors (Lipinski definition) is 6. The van der Waals surface area contributed by atoms with Gasteiger partial charge in [0.1, 0.15) is 0 Å². The van der Waals surface area contributed by atoms with Gasteiger partial charge in [0.05, 0.1) is 0 Å². The molecule has 0 aliphatic heterocycles. The summed E-state index contributed by atoms with van der Waals surface area (Å²) in [5.41, 5.74) is 0.198. The van der Waals surface area contributed by atoms with Crippen LogP contribution < -0.4 is 10.6 Å². The summed E-state index contributed by atoms with van der Waals surface area (Å²) < 4.78 is 15.1. The van der Waals surface area contributed by atoms with E-state index in [1.165, 1.54) is 12.1 Å². The predicted octanol–water partition coefficient (Wildman–Crippen LogP) is 1.41. The number of ether oxygens (including phenoxy) is 1. The van der Waals surface area contributed by atoms with Gasteiger partial charge in [-0.1, -0.05) is 0 Å². The molecule has 1 rings (SSSR count). The van der Waals surface area contributed by atoms with E-state index in [0.717, 1.165) is 0 Å². The van der Waals surface area contributed by atoms with Crippen molar-refractivity contribution >= 4 is 42.2 Å². The molecule has 0 aliphatic carbocycles. The van der Waals surface area contributed by atoms with E-state index < -0.39 is 17.9 Å². The van der Waals surface area contributed by atoms with Crippen LogP contribution in [0, 0.1) is 0 Å². The second-order valence-corrected chi connectivity index (χ2v) is 5.60. The number of phenolic OH excluding ortho intramolecular Hbond substituents is 1. The van der Waals surface area contributed by atoms with Gasteiger partial charge in [0.25, 0.3) is 0 Å². The van der Waals surface area contributed by atoms with Crippen molar-refractivity contribution in [1.82, 2.24) is 10.6 Å². The minimum absolute atomic E-state index is 0.000289. The quantitative estimate of drug-likeness (QED) is 0.343. The average molecular weight is 375 g/mol. The fourth-order valence-electron chi connectivity index (χ4n) is 1.97. The molecule has 0 saturated carbocycles. The fourth-order valence-corrected chi connectivity index (χ4v) is 2.48. The average Bonchev–Trinajstić information content (AvgIpc) is 2.50. The second kappa shape index (κ2) is 10.3. The Hall–Kier alpha value is -1.64. The molecule has 0 fully saturated rings. The van der Waals surface area contributed by atoms with Crippen LogP contribution in [-0.4, -0.2) is 43.7 Å². The van der Waals surface area contributed by atoms with Crippen LogP contribution in [0.25, 0.3) is 0 Å². The standard InChI is InChI=1S/C14H17BCl2N2O5/c1-2-24-13(21)5-11(19-12(20)6-18-7-15-23)9-3-8(16)4-10(17)14(9)22/h3-4,11,18,22H,2,5-7H2,1H3,(H,19,20). The van der Waals surface area contributed by atoms with Gasteiger partial charge in [0.2, 0.25) is 0 Å². The van der Waals surface area contributed by atoms with Crippen LogP contribution in [-0.2, 0) is 19.0 Å². The number of halogens is 2. The molecule has 24 heavy (non-hydrogen) atoms. The third-order valence-corrected chi connectivity index (χ3v) is 3.46. The monoisotopic (exact) mass is 374 g/mol. The van der Waals surface area contributed by atoms with Crippen molar-refractivity contribution in [3.63, 3.8) is 0 Å². The normalized spacial score (nSPS) is 11.5. The number of carbonyl (C=O) groups excluding carboxylic acids is 2. The number of rotatable bonds is 9. The van der Waals surface area contributed by atoms with Crippen molar-refractivity contribution in [2.75, 3.05) is 19.6 Å². The van der Waals surface area contributed by atoms with Crippen LogP contribution in [0.4, 0.5) is 0 Å². The van der Waals surface area contributed by atoms with Crippen LogP contribution in [0.1, 0.15) is 24.9 Å². The maximum absolute atomic E-state index is 11.9. The summed E-state index contributed by atoms with van der Waals surface area (Å²) in [6.07, 6.45) is -0.193. The number of amides is 1. The van der Waals surface area contributed by atoms with Crippen LogP contribution in [0.15, 0.2) is 12.1 Å². The molecule has 1 aromatic rings. The van der Waals surface area contributed by atoms with Crippen LogP contribution in [0.5, 0.6) is 5.75 Å². The Balaban J connectivity index is 2.99. The molecule has 0 bridgehead atoms. The van der Waals surface area contributed by atoms with Gasteiger partial charge in [-0.15, -0.1) is 0 Å². The van der Waals surface area contributed by atoms with E-state index in [9.17, 15) is 19.4 Å². The van der Waals surface area contributed by atoms with E-state index in [-0.39, 0.29) is 47.4 Å². The Labute approximate surface area is 149 Å². The molecule has 1 aromatic carbocycles. The Morgan fingerprint density at radius 2 is 2.08 bits per heavy atom. The summed E-state index contributed by atoms with van der Waals surface area (Å²) in [4.78, 5) is 23.7. The van der Waals surface area contributed by atoms with E-state index in [4.69, 9.17) is 27.9 Å². The Morgan fingerprint density at radius 3 is 2.71 bits per heavy atom.